The standard InChI is InChI=1S/C27H34N2O2.C4H8.C2H6.CH4N2/c1-4-6-17-29-18-16-24-25(9-5-2)27(15-14-26(24)29)31-20-8-7-19-30-23-12-10-22(11-13-23)21(3)28;1-3-4-2;1-2;1-3-2/h4,6,10-16,18H,3,5,7-9,17,19-20,28H2,1-2H3;3H,1,4H2,2H3;1-2H3;2H,1H3/b6-4+;;;. The molecule has 0 aliphatic carbocycles. The Labute approximate surface area is 243 Å². The summed E-state index contributed by atoms with van der Waals surface area (Å²) in [4.78, 5) is 0. The summed E-state index contributed by atoms with van der Waals surface area (Å²) in [6.07, 6.45) is 13.4. The molecular weight excluding hydrogens is 496 g/mol. The summed E-state index contributed by atoms with van der Waals surface area (Å²) in [5.74, 6) is 1.86. The Morgan fingerprint density at radius 1 is 1.02 bits per heavy atom. The fourth-order valence-corrected chi connectivity index (χ4v) is 3.68. The van der Waals surface area contributed by atoms with Gasteiger partial charge in [-0.25, -0.2) is 10.6 Å². The second-order valence-electron chi connectivity index (χ2n) is 8.64. The van der Waals surface area contributed by atoms with Crippen LogP contribution < -0.4 is 15.2 Å². The van der Waals surface area contributed by atoms with Crippen molar-refractivity contribution in [3.8, 4) is 11.5 Å². The van der Waals surface area contributed by atoms with E-state index < -0.39 is 0 Å². The second-order valence-corrected chi connectivity index (χ2v) is 8.64. The van der Waals surface area contributed by atoms with Crippen LogP contribution in [0.3, 0.4) is 0 Å². The number of ether oxygens (including phenoxy) is 2. The van der Waals surface area contributed by atoms with E-state index in [1.807, 2.05) is 44.2 Å². The Balaban J connectivity index is 0.00000149. The highest BCUT2D eigenvalue weighted by atomic mass is 16.5. The van der Waals surface area contributed by atoms with E-state index in [0.717, 1.165) is 55.7 Å². The summed E-state index contributed by atoms with van der Waals surface area (Å²) in [6, 6.07) is 14.2. The van der Waals surface area contributed by atoms with E-state index in [1.54, 1.807) is 0 Å². The third-order valence-electron chi connectivity index (χ3n) is 5.64. The maximum absolute atomic E-state index is 6.18. The van der Waals surface area contributed by atoms with Crippen molar-refractivity contribution in [2.45, 2.75) is 73.3 Å². The van der Waals surface area contributed by atoms with Gasteiger partial charge in [0, 0.05) is 42.0 Å². The third kappa shape index (κ3) is 13.3. The first kappa shape index (κ1) is 36.2. The van der Waals surface area contributed by atoms with E-state index in [9.17, 15) is 0 Å². The van der Waals surface area contributed by atoms with Gasteiger partial charge >= 0.3 is 0 Å². The Morgan fingerprint density at radius 3 is 2.15 bits per heavy atom. The summed E-state index contributed by atoms with van der Waals surface area (Å²) in [6.45, 7) is 19.8. The number of nitrogens with two attached hydrogens (primary N) is 1. The second kappa shape index (κ2) is 23.1. The van der Waals surface area contributed by atoms with Crippen LogP contribution >= 0.6 is 0 Å². The zero-order chi connectivity index (χ0) is 30.2. The number of nitrogens with zero attached hydrogens (tertiary/aromatic N) is 2. The van der Waals surface area contributed by atoms with E-state index in [1.165, 1.54) is 23.5 Å². The monoisotopic (exact) mass is 548 g/mol. The van der Waals surface area contributed by atoms with Crippen LogP contribution in [0.5, 0.6) is 11.5 Å². The van der Waals surface area contributed by atoms with E-state index in [-0.39, 0.29) is 0 Å². The molecule has 0 spiro atoms. The van der Waals surface area contributed by atoms with Crippen LogP contribution in [0.2, 0.25) is 0 Å². The first-order chi connectivity index (χ1) is 19.5. The lowest BCUT2D eigenvalue weighted by Gasteiger charge is -2.13. The molecule has 3 rings (SSSR count). The normalized spacial score (nSPS) is 9.85. The van der Waals surface area contributed by atoms with Crippen molar-refractivity contribution in [1.29, 1.82) is 5.53 Å². The van der Waals surface area contributed by atoms with Gasteiger partial charge in [0.15, 0.2) is 0 Å². The Morgan fingerprint density at radius 2 is 1.62 bits per heavy atom. The molecule has 0 saturated heterocycles. The zero-order valence-corrected chi connectivity index (χ0v) is 25.7. The Bertz CT molecular complexity index is 1130. The van der Waals surface area contributed by atoms with Gasteiger partial charge in [-0.1, -0.05) is 58.9 Å². The highest BCUT2D eigenvalue weighted by Crippen LogP contribution is 2.30. The smallest absolute Gasteiger partial charge is 0.123 e. The van der Waals surface area contributed by atoms with E-state index in [0.29, 0.717) is 18.9 Å². The third-order valence-corrected chi connectivity index (χ3v) is 5.64. The lowest BCUT2D eigenvalue weighted by molar-refractivity contribution is 0.265. The molecule has 220 valence electrons. The number of unbranched alkanes of at least 4 members (excludes halogenated alkanes) is 1. The van der Waals surface area contributed by atoms with Crippen LogP contribution in [0.25, 0.3) is 16.6 Å². The molecule has 3 aromatic rings. The number of rotatable bonds is 13. The molecule has 0 fully saturated rings. The number of hydrogen-bond acceptors (Lipinski definition) is 5. The molecule has 0 amide bonds. The van der Waals surface area contributed by atoms with Gasteiger partial charge in [-0.05, 0) is 80.6 Å². The predicted octanol–water partition coefficient (Wildman–Crippen LogP) is 9.59. The SMILES string of the molecule is C=C(N)c1ccc(OCCCCOc2ccc3c(ccn3C/C=C/C)c2CCC)cc1.C=CCC.CC.CN=N. The van der Waals surface area contributed by atoms with Crippen LogP contribution in [0.1, 0.15) is 71.4 Å². The highest BCUT2D eigenvalue weighted by molar-refractivity contribution is 5.86. The van der Waals surface area contributed by atoms with Crippen LogP contribution in [0.4, 0.5) is 0 Å². The van der Waals surface area contributed by atoms with Crippen LogP contribution in [0.15, 0.2) is 85.2 Å². The van der Waals surface area contributed by atoms with E-state index >= 15 is 0 Å². The van der Waals surface area contributed by atoms with Gasteiger partial charge in [-0.2, -0.15) is 0 Å². The van der Waals surface area contributed by atoms with Crippen molar-refractivity contribution in [3.63, 3.8) is 0 Å². The maximum atomic E-state index is 6.18. The molecule has 0 aliphatic rings. The molecular formula is C34H52N4O2. The van der Waals surface area contributed by atoms with Crippen molar-refractivity contribution >= 4 is 16.6 Å². The molecule has 2 aromatic carbocycles. The number of aromatic nitrogens is 1. The maximum Gasteiger partial charge on any atom is 0.123 e. The molecule has 1 heterocycles. The summed E-state index contributed by atoms with van der Waals surface area (Å²) < 4.78 is 14.3. The minimum absolute atomic E-state index is 0.568. The van der Waals surface area contributed by atoms with Gasteiger partial charge in [0.1, 0.15) is 11.5 Å². The highest BCUT2D eigenvalue weighted by Gasteiger charge is 2.11. The summed E-state index contributed by atoms with van der Waals surface area (Å²) >= 11 is 0. The molecule has 0 saturated carbocycles. The fraction of sp³-hybridized carbons (Fsp3) is 0.412. The van der Waals surface area contributed by atoms with Crippen LogP contribution in [0, 0.1) is 5.53 Å². The summed E-state index contributed by atoms with van der Waals surface area (Å²) in [5, 5.41) is 4.05. The van der Waals surface area contributed by atoms with Crippen molar-refractivity contribution in [2.24, 2.45) is 10.8 Å². The minimum Gasteiger partial charge on any atom is -0.494 e. The molecule has 6 nitrogen and oxygen atoms in total. The molecule has 0 bridgehead atoms. The largest absolute Gasteiger partial charge is 0.494 e. The molecule has 1 aromatic heterocycles. The fourth-order valence-electron chi connectivity index (χ4n) is 3.68. The quantitative estimate of drug-likeness (QED) is 0.127. The van der Waals surface area contributed by atoms with E-state index in [2.05, 4.69) is 80.2 Å². The lowest BCUT2D eigenvalue weighted by atomic mass is 10.0. The Hall–Kier alpha value is -3.80. The number of benzene rings is 2. The molecule has 0 atom stereocenters. The number of hydrogen-bond donors (Lipinski definition) is 2. The zero-order valence-electron chi connectivity index (χ0n) is 25.7. The molecule has 0 aliphatic heterocycles. The summed E-state index contributed by atoms with van der Waals surface area (Å²) in [5.41, 5.74) is 15.6. The van der Waals surface area contributed by atoms with Crippen molar-refractivity contribution < 1.29 is 9.47 Å². The van der Waals surface area contributed by atoms with Gasteiger partial charge in [-0.3, -0.25) is 0 Å². The van der Waals surface area contributed by atoms with E-state index in [4.69, 9.17) is 20.7 Å². The average Bonchev–Trinajstić information content (AvgIpc) is 3.39. The van der Waals surface area contributed by atoms with Gasteiger partial charge in [0.05, 0.1) is 13.2 Å². The molecule has 0 radical (unpaired) electrons. The van der Waals surface area contributed by atoms with Gasteiger partial charge in [0.25, 0.3) is 0 Å². The van der Waals surface area contributed by atoms with Crippen molar-refractivity contribution in [1.82, 2.24) is 4.57 Å². The lowest BCUT2D eigenvalue weighted by Crippen LogP contribution is -2.04. The average molecular weight is 549 g/mol. The van der Waals surface area contributed by atoms with Crippen molar-refractivity contribution in [2.75, 3.05) is 20.3 Å². The number of fused-ring (bicyclic) bond motifs is 1. The molecule has 6 heteroatoms. The topological polar surface area (TPSA) is 85.6 Å². The molecule has 0 unspecified atom stereocenters. The first-order valence-corrected chi connectivity index (χ1v) is 14.4. The minimum atomic E-state index is 0.568. The van der Waals surface area contributed by atoms with Crippen LogP contribution in [-0.4, -0.2) is 24.8 Å². The van der Waals surface area contributed by atoms with Crippen molar-refractivity contribution in [3.05, 3.63) is 91.2 Å². The summed E-state index contributed by atoms with van der Waals surface area (Å²) in [7, 11) is 1.42. The molecule has 3 N–H and O–H groups in total. The number of nitrogens with one attached hydrogen (secondary N) is 1. The van der Waals surface area contributed by atoms with Gasteiger partial charge < -0.3 is 19.8 Å². The first-order valence-electron chi connectivity index (χ1n) is 14.4. The molecule has 40 heavy (non-hydrogen) atoms. The number of allylic oxidation sites excluding steroid dienone is 3. The van der Waals surface area contributed by atoms with Gasteiger partial charge in [-0.15, -0.1) is 6.58 Å². The van der Waals surface area contributed by atoms with Crippen LogP contribution in [-0.2, 0) is 13.0 Å². The Kier molecular flexibility index (Phi) is 20.9. The predicted molar refractivity (Wildman–Crippen MR) is 174 cm³/mol. The van der Waals surface area contributed by atoms with Gasteiger partial charge in [0.2, 0.25) is 0 Å². The number of aryl methyl sites for hydroxylation is 1.